The molecule has 0 bridgehead atoms. The van der Waals surface area contributed by atoms with Crippen molar-refractivity contribution in [2.24, 2.45) is 0 Å². The lowest BCUT2D eigenvalue weighted by molar-refractivity contribution is 0.0954. The summed E-state index contributed by atoms with van der Waals surface area (Å²) in [6, 6.07) is 13.9. The second-order valence-electron chi connectivity index (χ2n) is 5.76. The fraction of sp³-hybridized carbons (Fsp3) is 0.300. The van der Waals surface area contributed by atoms with Gasteiger partial charge in [-0.15, -0.1) is 0 Å². The van der Waals surface area contributed by atoms with Crippen LogP contribution in [0.4, 0.5) is 5.69 Å². The maximum absolute atomic E-state index is 12.5. The minimum atomic E-state index is -0.248. The van der Waals surface area contributed by atoms with Crippen LogP contribution in [0.5, 0.6) is 5.75 Å². The van der Waals surface area contributed by atoms with Crippen molar-refractivity contribution in [3.8, 4) is 5.75 Å². The van der Waals surface area contributed by atoms with E-state index in [2.05, 4.69) is 10.6 Å². The number of hydrogen-bond donors (Lipinski definition) is 2. The number of rotatable bonds is 7. The zero-order chi connectivity index (χ0) is 18.2. The zero-order valence-corrected chi connectivity index (χ0v) is 14.8. The third kappa shape index (κ3) is 5.35. The number of anilines is 1. The van der Waals surface area contributed by atoms with Gasteiger partial charge in [0.15, 0.2) is 0 Å². The van der Waals surface area contributed by atoms with Crippen LogP contribution in [0.25, 0.3) is 0 Å². The molecule has 2 aromatic rings. The molecule has 1 unspecified atom stereocenters. The lowest BCUT2D eigenvalue weighted by atomic mass is 10.1. The fourth-order valence-electron chi connectivity index (χ4n) is 2.23. The summed E-state index contributed by atoms with van der Waals surface area (Å²) in [5, 5.41) is 5.55. The number of ether oxygens (including phenoxy) is 1. The Morgan fingerprint density at radius 3 is 2.36 bits per heavy atom. The summed E-state index contributed by atoms with van der Waals surface area (Å²) >= 11 is 0. The van der Waals surface area contributed by atoms with E-state index in [9.17, 15) is 9.59 Å². The van der Waals surface area contributed by atoms with Gasteiger partial charge in [0, 0.05) is 23.4 Å². The van der Waals surface area contributed by atoms with Crippen LogP contribution < -0.4 is 15.4 Å². The Hall–Kier alpha value is -2.82. The number of amides is 2. The first-order valence-electron chi connectivity index (χ1n) is 8.49. The molecule has 2 amide bonds. The minimum Gasteiger partial charge on any atom is -0.491 e. The van der Waals surface area contributed by atoms with Gasteiger partial charge in [-0.3, -0.25) is 9.59 Å². The molecule has 2 rings (SSSR count). The van der Waals surface area contributed by atoms with Crippen LogP contribution in [0.3, 0.4) is 0 Å². The summed E-state index contributed by atoms with van der Waals surface area (Å²) in [4.78, 5) is 24.3. The van der Waals surface area contributed by atoms with Gasteiger partial charge in [0.25, 0.3) is 11.8 Å². The molecule has 0 heterocycles. The van der Waals surface area contributed by atoms with Crippen molar-refractivity contribution in [3.63, 3.8) is 0 Å². The van der Waals surface area contributed by atoms with Gasteiger partial charge < -0.3 is 15.4 Å². The highest BCUT2D eigenvalue weighted by atomic mass is 16.5. The second-order valence-corrected chi connectivity index (χ2v) is 5.76. The zero-order valence-electron chi connectivity index (χ0n) is 14.8. The van der Waals surface area contributed by atoms with Gasteiger partial charge in [-0.2, -0.15) is 0 Å². The number of hydrogen-bond acceptors (Lipinski definition) is 3. The molecule has 0 aliphatic heterocycles. The lowest BCUT2D eigenvalue weighted by Gasteiger charge is -2.13. The van der Waals surface area contributed by atoms with E-state index >= 15 is 0 Å². The van der Waals surface area contributed by atoms with Crippen molar-refractivity contribution in [1.82, 2.24) is 5.32 Å². The van der Waals surface area contributed by atoms with Crippen molar-refractivity contribution < 1.29 is 14.3 Å². The molecule has 5 heteroatoms. The molecule has 0 radical (unpaired) electrons. The molecule has 0 spiro atoms. The summed E-state index contributed by atoms with van der Waals surface area (Å²) < 4.78 is 5.75. The van der Waals surface area contributed by atoms with Crippen molar-refractivity contribution in [2.75, 3.05) is 11.9 Å². The van der Waals surface area contributed by atoms with Crippen LogP contribution in [0.1, 0.15) is 47.9 Å². The molecular formula is C20H24N2O3. The maximum atomic E-state index is 12.5. The first kappa shape index (κ1) is 18.5. The SMILES string of the molecule is CCNC(=O)c1cccc(NC(=O)c2cccc(OC(C)CC)c2)c1. The van der Waals surface area contributed by atoms with E-state index in [1.54, 1.807) is 42.5 Å². The maximum Gasteiger partial charge on any atom is 0.255 e. The summed E-state index contributed by atoms with van der Waals surface area (Å²) in [5.74, 6) is 0.253. The lowest BCUT2D eigenvalue weighted by Crippen LogP contribution is -2.22. The average molecular weight is 340 g/mol. The van der Waals surface area contributed by atoms with Gasteiger partial charge in [-0.05, 0) is 56.7 Å². The van der Waals surface area contributed by atoms with Gasteiger partial charge in [0.2, 0.25) is 0 Å². The van der Waals surface area contributed by atoms with Gasteiger partial charge in [0.1, 0.15) is 5.75 Å². The Bertz CT molecular complexity index is 743. The van der Waals surface area contributed by atoms with Gasteiger partial charge in [0.05, 0.1) is 6.10 Å². The van der Waals surface area contributed by atoms with E-state index in [0.29, 0.717) is 29.1 Å². The molecule has 5 nitrogen and oxygen atoms in total. The Kier molecular flexibility index (Phi) is 6.57. The summed E-state index contributed by atoms with van der Waals surface area (Å²) in [6.45, 7) is 6.44. The second kappa shape index (κ2) is 8.87. The smallest absolute Gasteiger partial charge is 0.255 e. The van der Waals surface area contributed by atoms with E-state index in [0.717, 1.165) is 6.42 Å². The first-order valence-corrected chi connectivity index (χ1v) is 8.49. The molecule has 0 aliphatic carbocycles. The largest absolute Gasteiger partial charge is 0.491 e. The molecule has 25 heavy (non-hydrogen) atoms. The van der Waals surface area contributed by atoms with E-state index in [1.165, 1.54) is 0 Å². The highest BCUT2D eigenvalue weighted by Gasteiger charge is 2.10. The molecular weight excluding hydrogens is 316 g/mol. The average Bonchev–Trinajstić information content (AvgIpc) is 2.62. The summed E-state index contributed by atoms with van der Waals surface area (Å²) in [5.41, 5.74) is 1.58. The molecule has 132 valence electrons. The van der Waals surface area contributed by atoms with E-state index in [1.807, 2.05) is 26.8 Å². The van der Waals surface area contributed by atoms with Gasteiger partial charge in [-0.25, -0.2) is 0 Å². The third-order valence-corrected chi connectivity index (χ3v) is 3.73. The summed E-state index contributed by atoms with van der Waals surface area (Å²) in [7, 11) is 0. The van der Waals surface area contributed by atoms with E-state index in [-0.39, 0.29) is 17.9 Å². The molecule has 0 fully saturated rings. The van der Waals surface area contributed by atoms with Crippen LogP contribution in [-0.4, -0.2) is 24.5 Å². The Morgan fingerprint density at radius 2 is 1.68 bits per heavy atom. The molecule has 2 N–H and O–H groups in total. The monoisotopic (exact) mass is 340 g/mol. The third-order valence-electron chi connectivity index (χ3n) is 3.73. The number of carbonyl (C=O) groups is 2. The molecule has 2 aromatic carbocycles. The van der Waals surface area contributed by atoms with Gasteiger partial charge >= 0.3 is 0 Å². The first-order chi connectivity index (χ1) is 12.0. The number of benzene rings is 2. The highest BCUT2D eigenvalue weighted by molar-refractivity contribution is 6.05. The topological polar surface area (TPSA) is 67.4 Å². The van der Waals surface area contributed by atoms with Crippen LogP contribution in [0.15, 0.2) is 48.5 Å². The normalized spacial score (nSPS) is 11.5. The van der Waals surface area contributed by atoms with Crippen LogP contribution in [0.2, 0.25) is 0 Å². The molecule has 1 atom stereocenters. The van der Waals surface area contributed by atoms with Crippen molar-refractivity contribution in [1.29, 1.82) is 0 Å². The molecule has 0 aromatic heterocycles. The Labute approximate surface area is 148 Å². The van der Waals surface area contributed by atoms with E-state index < -0.39 is 0 Å². The van der Waals surface area contributed by atoms with Crippen LogP contribution in [-0.2, 0) is 0 Å². The van der Waals surface area contributed by atoms with Crippen molar-refractivity contribution in [3.05, 3.63) is 59.7 Å². The predicted molar refractivity (Wildman–Crippen MR) is 99.2 cm³/mol. The van der Waals surface area contributed by atoms with Crippen LogP contribution in [0, 0.1) is 0 Å². The van der Waals surface area contributed by atoms with Crippen LogP contribution >= 0.6 is 0 Å². The van der Waals surface area contributed by atoms with Crippen molar-refractivity contribution >= 4 is 17.5 Å². The number of nitrogens with one attached hydrogen (secondary N) is 2. The summed E-state index contributed by atoms with van der Waals surface area (Å²) in [6.07, 6.45) is 0.982. The standard InChI is InChI=1S/C20H24N2O3/c1-4-14(3)25-18-11-7-9-16(13-18)20(24)22-17-10-6-8-15(12-17)19(23)21-5-2/h6-14H,4-5H2,1-3H3,(H,21,23)(H,22,24). The molecule has 0 aliphatic rings. The van der Waals surface area contributed by atoms with Gasteiger partial charge in [-0.1, -0.05) is 19.1 Å². The minimum absolute atomic E-state index is 0.0899. The van der Waals surface area contributed by atoms with E-state index in [4.69, 9.17) is 4.74 Å². The quantitative estimate of drug-likeness (QED) is 0.804. The molecule has 0 saturated heterocycles. The predicted octanol–water partition coefficient (Wildman–Crippen LogP) is 3.87. The number of carbonyl (C=O) groups excluding carboxylic acids is 2. The fourth-order valence-corrected chi connectivity index (χ4v) is 2.23. The Balaban J connectivity index is 2.10. The highest BCUT2D eigenvalue weighted by Crippen LogP contribution is 2.18. The Morgan fingerprint density at radius 1 is 1.00 bits per heavy atom. The molecule has 0 saturated carbocycles. The van der Waals surface area contributed by atoms with Crippen molar-refractivity contribution in [2.45, 2.75) is 33.3 Å².